The highest BCUT2D eigenvalue weighted by Crippen LogP contribution is 2.27. The van der Waals surface area contributed by atoms with Crippen LogP contribution in [0.25, 0.3) is 11.3 Å². The number of rotatable bonds is 14. The number of hydrogen-bond acceptors (Lipinski definition) is 6. The van der Waals surface area contributed by atoms with Crippen LogP contribution in [0.2, 0.25) is 0 Å². The smallest absolute Gasteiger partial charge is 0.422 e. The van der Waals surface area contributed by atoms with Gasteiger partial charge in [0.05, 0.1) is 19.1 Å². The molecule has 0 saturated carbocycles. The summed E-state index contributed by atoms with van der Waals surface area (Å²) in [5.74, 6) is -1.54. The van der Waals surface area contributed by atoms with Gasteiger partial charge in [-0.25, -0.2) is 5.06 Å². The molecule has 0 fully saturated rings. The summed E-state index contributed by atoms with van der Waals surface area (Å²) in [5, 5.41) is 14.8. The lowest BCUT2D eigenvalue weighted by atomic mass is 10.0. The second-order valence-corrected chi connectivity index (χ2v) is 7.74. The van der Waals surface area contributed by atoms with Gasteiger partial charge in [0, 0.05) is 5.56 Å². The number of alkyl halides is 3. The molecule has 1 aromatic heterocycles. The number of benzene rings is 1. The van der Waals surface area contributed by atoms with E-state index in [1.165, 1.54) is 30.3 Å². The van der Waals surface area contributed by atoms with Crippen LogP contribution in [-0.4, -0.2) is 54.5 Å². The Morgan fingerprint density at radius 3 is 2.66 bits per heavy atom. The van der Waals surface area contributed by atoms with Gasteiger partial charge in [-0.1, -0.05) is 38.3 Å². The summed E-state index contributed by atoms with van der Waals surface area (Å²) in [6.07, 6.45) is -1.21. The average Bonchev–Trinajstić information content (AvgIpc) is 3.32. The van der Waals surface area contributed by atoms with Crippen molar-refractivity contribution >= 4 is 18.2 Å². The first-order chi connectivity index (χ1) is 16.6. The number of hydroxylamine groups is 2. The van der Waals surface area contributed by atoms with Gasteiger partial charge in [0.15, 0.2) is 12.4 Å². The Bertz CT molecular complexity index is 979. The number of ether oxygens (including phenoxy) is 1. The van der Waals surface area contributed by atoms with E-state index in [-0.39, 0.29) is 36.9 Å². The number of halogens is 3. The zero-order valence-electron chi connectivity index (χ0n) is 19.1. The largest absolute Gasteiger partial charge is 0.484 e. The molecule has 1 aromatic carbocycles. The first-order valence-electron chi connectivity index (χ1n) is 11.0. The molecule has 2 rings (SSSR count). The Balaban J connectivity index is 1.91. The monoisotopic (exact) mass is 499 g/mol. The molecule has 0 aliphatic rings. The summed E-state index contributed by atoms with van der Waals surface area (Å²) >= 11 is 0. The molecule has 12 heteroatoms. The number of unbranched alkanes of at least 4 members (excludes halogenated alkanes) is 2. The molecule has 35 heavy (non-hydrogen) atoms. The average molecular weight is 499 g/mol. The minimum Gasteiger partial charge on any atom is -0.484 e. The minimum atomic E-state index is -4.47. The molecular formula is C23H28F3N3O6. The number of furan rings is 1. The molecule has 3 amide bonds. The second-order valence-electron chi connectivity index (χ2n) is 7.74. The van der Waals surface area contributed by atoms with Crippen molar-refractivity contribution in [1.82, 2.24) is 15.7 Å². The number of carbonyl (C=O) groups excluding carboxylic acids is 3. The molecular weight excluding hydrogens is 471 g/mol. The van der Waals surface area contributed by atoms with Crippen LogP contribution in [0.5, 0.6) is 5.75 Å². The number of nitrogens with zero attached hydrogens (tertiary/aromatic N) is 1. The third kappa shape index (κ3) is 9.69. The van der Waals surface area contributed by atoms with Crippen LogP contribution in [-0.2, 0) is 9.59 Å². The van der Waals surface area contributed by atoms with Crippen LogP contribution in [0.15, 0.2) is 40.8 Å². The van der Waals surface area contributed by atoms with Crippen molar-refractivity contribution in [2.45, 2.75) is 38.8 Å². The summed E-state index contributed by atoms with van der Waals surface area (Å²) < 4.78 is 47.3. The first-order valence-corrected chi connectivity index (χ1v) is 11.0. The predicted molar refractivity (Wildman–Crippen MR) is 118 cm³/mol. The van der Waals surface area contributed by atoms with E-state index in [4.69, 9.17) is 9.15 Å². The van der Waals surface area contributed by atoms with Crippen molar-refractivity contribution in [1.29, 1.82) is 0 Å². The SMILES string of the molecule is CCCCC[C@H](CN(O)C=O)C(=O)NCNC(=O)c1ccc(-c2cccc(OCC(F)(F)F)c2)o1. The van der Waals surface area contributed by atoms with E-state index in [0.717, 1.165) is 19.3 Å². The van der Waals surface area contributed by atoms with Gasteiger partial charge in [0.1, 0.15) is 11.5 Å². The van der Waals surface area contributed by atoms with E-state index in [9.17, 15) is 32.8 Å². The van der Waals surface area contributed by atoms with Crippen LogP contribution in [0.3, 0.4) is 0 Å². The normalized spacial score (nSPS) is 12.0. The van der Waals surface area contributed by atoms with Crippen molar-refractivity contribution in [3.63, 3.8) is 0 Å². The van der Waals surface area contributed by atoms with Crippen LogP contribution < -0.4 is 15.4 Å². The fourth-order valence-electron chi connectivity index (χ4n) is 3.18. The van der Waals surface area contributed by atoms with Gasteiger partial charge in [-0.3, -0.25) is 19.6 Å². The Hall–Kier alpha value is -3.54. The summed E-state index contributed by atoms with van der Waals surface area (Å²) in [6, 6.07) is 8.67. The van der Waals surface area contributed by atoms with Crippen molar-refractivity contribution in [2.75, 3.05) is 19.8 Å². The standard InChI is InChI=1S/C23H28F3N3O6/c1-2-3-4-6-17(12-29(33)15-30)21(31)27-14-28-22(32)20-10-9-19(35-20)16-7-5-8-18(11-16)34-13-23(24,25)26/h5,7-11,15,17,33H,2-4,6,12-14H2,1H3,(H,27,31)(H,28,32)/t17-/m1/s1. The topological polar surface area (TPSA) is 121 Å². The van der Waals surface area contributed by atoms with E-state index in [0.29, 0.717) is 17.0 Å². The molecule has 0 spiro atoms. The Morgan fingerprint density at radius 2 is 1.97 bits per heavy atom. The first kappa shape index (κ1) is 27.7. The summed E-state index contributed by atoms with van der Waals surface area (Å²) in [4.78, 5) is 35.4. The number of amides is 3. The fourth-order valence-corrected chi connectivity index (χ4v) is 3.18. The molecule has 0 radical (unpaired) electrons. The van der Waals surface area contributed by atoms with Gasteiger partial charge in [-0.2, -0.15) is 13.2 Å². The Morgan fingerprint density at radius 1 is 1.20 bits per heavy atom. The molecule has 0 unspecified atom stereocenters. The maximum absolute atomic E-state index is 12.4. The van der Waals surface area contributed by atoms with Crippen LogP contribution >= 0.6 is 0 Å². The maximum Gasteiger partial charge on any atom is 0.422 e. The molecule has 0 saturated heterocycles. The zero-order valence-corrected chi connectivity index (χ0v) is 19.1. The molecule has 1 heterocycles. The van der Waals surface area contributed by atoms with Gasteiger partial charge < -0.3 is 19.8 Å². The fraction of sp³-hybridized carbons (Fsp3) is 0.435. The highest BCUT2D eigenvalue weighted by atomic mass is 19.4. The Labute approximate surface area is 200 Å². The lowest BCUT2D eigenvalue weighted by Crippen LogP contribution is -2.42. The zero-order chi connectivity index (χ0) is 25.8. The second kappa shape index (κ2) is 13.4. The van der Waals surface area contributed by atoms with E-state index < -0.39 is 30.5 Å². The number of nitrogens with one attached hydrogen (secondary N) is 2. The lowest BCUT2D eigenvalue weighted by molar-refractivity contribution is -0.155. The van der Waals surface area contributed by atoms with Gasteiger partial charge in [-0.05, 0) is 30.7 Å². The van der Waals surface area contributed by atoms with Gasteiger partial charge >= 0.3 is 6.18 Å². The molecule has 0 aliphatic carbocycles. The quantitative estimate of drug-likeness (QED) is 0.120. The van der Waals surface area contributed by atoms with Crippen LogP contribution in [0.4, 0.5) is 13.2 Å². The summed E-state index contributed by atoms with van der Waals surface area (Å²) in [7, 11) is 0. The summed E-state index contributed by atoms with van der Waals surface area (Å²) in [6.45, 7) is 0.192. The molecule has 192 valence electrons. The van der Waals surface area contributed by atoms with Crippen molar-refractivity contribution in [2.24, 2.45) is 5.92 Å². The van der Waals surface area contributed by atoms with Crippen LogP contribution in [0, 0.1) is 5.92 Å². The summed E-state index contributed by atoms with van der Waals surface area (Å²) in [5.41, 5.74) is 0.413. The van der Waals surface area contributed by atoms with Crippen molar-refractivity contribution in [3.05, 3.63) is 42.2 Å². The van der Waals surface area contributed by atoms with Gasteiger partial charge in [0.2, 0.25) is 12.3 Å². The molecule has 9 nitrogen and oxygen atoms in total. The van der Waals surface area contributed by atoms with Gasteiger partial charge in [0.25, 0.3) is 5.91 Å². The third-order valence-corrected chi connectivity index (χ3v) is 4.92. The van der Waals surface area contributed by atoms with Crippen molar-refractivity contribution < 1.29 is 41.9 Å². The highest BCUT2D eigenvalue weighted by molar-refractivity contribution is 5.92. The van der Waals surface area contributed by atoms with E-state index >= 15 is 0 Å². The van der Waals surface area contributed by atoms with E-state index in [2.05, 4.69) is 10.6 Å². The number of carbonyl (C=O) groups is 3. The Kier molecular flexibility index (Phi) is 10.6. The lowest BCUT2D eigenvalue weighted by Gasteiger charge is -2.19. The highest BCUT2D eigenvalue weighted by Gasteiger charge is 2.28. The predicted octanol–water partition coefficient (Wildman–Crippen LogP) is 3.74. The minimum absolute atomic E-state index is 0.00514. The molecule has 1 atom stereocenters. The van der Waals surface area contributed by atoms with Crippen molar-refractivity contribution in [3.8, 4) is 17.1 Å². The molecule has 0 bridgehead atoms. The van der Waals surface area contributed by atoms with Crippen LogP contribution in [0.1, 0.15) is 43.2 Å². The molecule has 3 N–H and O–H groups in total. The molecule has 0 aliphatic heterocycles. The van der Waals surface area contributed by atoms with E-state index in [1.807, 2.05) is 6.92 Å². The molecule has 2 aromatic rings. The van der Waals surface area contributed by atoms with Gasteiger partial charge in [-0.15, -0.1) is 0 Å². The third-order valence-electron chi connectivity index (χ3n) is 4.92. The maximum atomic E-state index is 12.4. The van der Waals surface area contributed by atoms with E-state index in [1.54, 1.807) is 6.07 Å². The number of hydrogen-bond donors (Lipinski definition) is 3.